The van der Waals surface area contributed by atoms with E-state index in [-0.39, 0.29) is 17.8 Å². The van der Waals surface area contributed by atoms with Gasteiger partial charge in [0, 0.05) is 6.07 Å². The number of para-hydroxylation sites is 1. The van der Waals surface area contributed by atoms with Crippen molar-refractivity contribution in [2.45, 2.75) is 20.4 Å². The van der Waals surface area contributed by atoms with Crippen LogP contribution in [-0.4, -0.2) is 31.0 Å². The van der Waals surface area contributed by atoms with Crippen LogP contribution in [0.15, 0.2) is 42.5 Å². The van der Waals surface area contributed by atoms with Crippen LogP contribution >= 0.6 is 0 Å². The Hall–Kier alpha value is -3.62. The first-order chi connectivity index (χ1) is 12.5. The van der Waals surface area contributed by atoms with Gasteiger partial charge in [-0.3, -0.25) is 14.9 Å². The summed E-state index contributed by atoms with van der Waals surface area (Å²) in [4.78, 5) is 22.8. The molecule has 1 amide bonds. The molecule has 0 aliphatic heterocycles. The number of nitro groups is 1. The zero-order valence-corrected chi connectivity index (χ0v) is 14.2. The van der Waals surface area contributed by atoms with Gasteiger partial charge in [-0.15, -0.1) is 5.10 Å². The first-order valence-electron chi connectivity index (χ1n) is 7.84. The summed E-state index contributed by atoms with van der Waals surface area (Å²) >= 11 is 0. The highest BCUT2D eigenvalue weighted by atomic mass is 16.6. The Bertz CT molecular complexity index is 982. The van der Waals surface area contributed by atoms with E-state index in [1.165, 1.54) is 22.9 Å². The number of tetrazole rings is 1. The number of hydrogen-bond acceptors (Lipinski definition) is 6. The summed E-state index contributed by atoms with van der Waals surface area (Å²) in [6, 6.07) is 11.6. The molecule has 2 aromatic carbocycles. The zero-order chi connectivity index (χ0) is 18.7. The van der Waals surface area contributed by atoms with Crippen LogP contribution in [0.1, 0.15) is 27.3 Å². The van der Waals surface area contributed by atoms with Gasteiger partial charge in [-0.05, 0) is 53.6 Å². The summed E-state index contributed by atoms with van der Waals surface area (Å²) in [5, 5.41) is 25.2. The topological polar surface area (TPSA) is 116 Å². The zero-order valence-electron chi connectivity index (χ0n) is 14.2. The molecule has 0 unspecified atom stereocenters. The van der Waals surface area contributed by atoms with Crippen molar-refractivity contribution in [1.82, 2.24) is 25.5 Å². The van der Waals surface area contributed by atoms with E-state index < -0.39 is 10.8 Å². The number of carbonyl (C=O) groups is 1. The van der Waals surface area contributed by atoms with Crippen LogP contribution in [0, 0.1) is 24.0 Å². The number of carbonyl (C=O) groups excluding carboxylic acids is 1. The molecule has 0 aliphatic carbocycles. The molecule has 9 nitrogen and oxygen atoms in total. The largest absolute Gasteiger partial charge is 0.344 e. The van der Waals surface area contributed by atoms with Crippen LogP contribution in [0.5, 0.6) is 0 Å². The number of benzene rings is 2. The van der Waals surface area contributed by atoms with E-state index in [2.05, 4.69) is 20.8 Å². The number of nitrogens with zero attached hydrogens (tertiary/aromatic N) is 5. The molecular weight excluding hydrogens is 336 g/mol. The van der Waals surface area contributed by atoms with Crippen LogP contribution in [-0.2, 0) is 6.54 Å². The molecule has 0 saturated carbocycles. The maximum Gasteiger partial charge on any atom is 0.282 e. The van der Waals surface area contributed by atoms with Gasteiger partial charge in [0.05, 0.1) is 17.2 Å². The maximum atomic E-state index is 12.3. The Balaban J connectivity index is 1.79. The molecule has 26 heavy (non-hydrogen) atoms. The van der Waals surface area contributed by atoms with Gasteiger partial charge in [-0.2, -0.15) is 4.68 Å². The van der Waals surface area contributed by atoms with Crippen molar-refractivity contribution in [3.63, 3.8) is 0 Å². The predicted molar refractivity (Wildman–Crippen MR) is 92.9 cm³/mol. The molecule has 132 valence electrons. The van der Waals surface area contributed by atoms with E-state index in [9.17, 15) is 14.9 Å². The van der Waals surface area contributed by atoms with Gasteiger partial charge in [0.15, 0.2) is 5.82 Å². The standard InChI is InChI=1S/C17H16N6O3/c1-11-7-8-13(9-12(11)2)22-16(19-20-21-22)10-18-17(24)14-5-3-4-6-15(14)23(25)26/h3-9H,10H2,1-2H3,(H,18,24). The monoisotopic (exact) mass is 352 g/mol. The first kappa shape index (κ1) is 17.2. The van der Waals surface area contributed by atoms with Gasteiger partial charge in [0.2, 0.25) is 0 Å². The molecule has 0 saturated heterocycles. The Morgan fingerprint density at radius 1 is 1.19 bits per heavy atom. The number of nitrogens with one attached hydrogen (secondary N) is 1. The van der Waals surface area contributed by atoms with E-state index in [4.69, 9.17) is 0 Å². The fourth-order valence-corrected chi connectivity index (χ4v) is 2.45. The van der Waals surface area contributed by atoms with Crippen LogP contribution in [0.4, 0.5) is 5.69 Å². The second-order valence-electron chi connectivity index (χ2n) is 5.73. The van der Waals surface area contributed by atoms with E-state index in [1.807, 2.05) is 32.0 Å². The van der Waals surface area contributed by atoms with Crippen molar-refractivity contribution in [3.8, 4) is 5.69 Å². The Kier molecular flexibility index (Phi) is 4.70. The summed E-state index contributed by atoms with van der Waals surface area (Å²) in [5.41, 5.74) is 2.75. The van der Waals surface area contributed by atoms with E-state index in [0.29, 0.717) is 5.82 Å². The minimum Gasteiger partial charge on any atom is -0.344 e. The minimum absolute atomic E-state index is 0.0114. The summed E-state index contributed by atoms with van der Waals surface area (Å²) in [6.07, 6.45) is 0. The smallest absolute Gasteiger partial charge is 0.282 e. The second kappa shape index (κ2) is 7.09. The highest BCUT2D eigenvalue weighted by Crippen LogP contribution is 2.18. The van der Waals surface area contributed by atoms with Crippen LogP contribution in [0.25, 0.3) is 5.69 Å². The lowest BCUT2D eigenvalue weighted by Gasteiger charge is -2.08. The van der Waals surface area contributed by atoms with Gasteiger partial charge in [-0.1, -0.05) is 18.2 Å². The molecule has 0 fully saturated rings. The Morgan fingerprint density at radius 2 is 1.96 bits per heavy atom. The lowest BCUT2D eigenvalue weighted by molar-refractivity contribution is -0.385. The molecule has 3 aromatic rings. The SMILES string of the molecule is Cc1ccc(-n2nnnc2CNC(=O)c2ccccc2[N+](=O)[O-])cc1C. The fraction of sp³-hybridized carbons (Fsp3) is 0.176. The van der Waals surface area contributed by atoms with Crippen molar-refractivity contribution >= 4 is 11.6 Å². The average Bonchev–Trinajstić information content (AvgIpc) is 3.10. The quantitative estimate of drug-likeness (QED) is 0.555. The number of rotatable bonds is 5. The molecule has 0 radical (unpaired) electrons. The van der Waals surface area contributed by atoms with Gasteiger partial charge >= 0.3 is 0 Å². The molecule has 1 aromatic heterocycles. The van der Waals surface area contributed by atoms with Crippen molar-refractivity contribution in [3.05, 3.63) is 75.1 Å². The first-order valence-corrected chi connectivity index (χ1v) is 7.84. The number of amides is 1. The summed E-state index contributed by atoms with van der Waals surface area (Å²) in [5.74, 6) is -0.146. The fourth-order valence-electron chi connectivity index (χ4n) is 2.45. The summed E-state index contributed by atoms with van der Waals surface area (Å²) in [7, 11) is 0. The predicted octanol–water partition coefficient (Wildman–Crippen LogP) is 2.12. The number of nitro benzene ring substituents is 1. The number of aromatic nitrogens is 4. The lowest BCUT2D eigenvalue weighted by atomic mass is 10.1. The Labute approximate surface area is 148 Å². The van der Waals surface area contributed by atoms with Crippen LogP contribution < -0.4 is 5.32 Å². The average molecular weight is 352 g/mol. The highest BCUT2D eigenvalue weighted by molar-refractivity contribution is 5.98. The van der Waals surface area contributed by atoms with E-state index in [0.717, 1.165) is 16.8 Å². The van der Waals surface area contributed by atoms with Gasteiger partial charge in [0.1, 0.15) is 5.56 Å². The third-order valence-electron chi connectivity index (χ3n) is 4.02. The van der Waals surface area contributed by atoms with Crippen LogP contribution in [0.2, 0.25) is 0 Å². The number of hydrogen-bond donors (Lipinski definition) is 1. The van der Waals surface area contributed by atoms with E-state index >= 15 is 0 Å². The molecule has 0 aliphatic rings. The van der Waals surface area contributed by atoms with Crippen molar-refractivity contribution in [1.29, 1.82) is 0 Å². The summed E-state index contributed by atoms with van der Waals surface area (Å²) in [6.45, 7) is 4.02. The molecule has 1 N–H and O–H groups in total. The molecule has 0 spiro atoms. The molecule has 0 atom stereocenters. The maximum absolute atomic E-state index is 12.3. The van der Waals surface area contributed by atoms with Crippen molar-refractivity contribution in [2.75, 3.05) is 0 Å². The van der Waals surface area contributed by atoms with Gasteiger partial charge in [0.25, 0.3) is 11.6 Å². The summed E-state index contributed by atoms with van der Waals surface area (Å²) < 4.78 is 1.52. The normalized spacial score (nSPS) is 10.5. The Morgan fingerprint density at radius 3 is 2.69 bits per heavy atom. The third-order valence-corrected chi connectivity index (χ3v) is 4.02. The van der Waals surface area contributed by atoms with Crippen molar-refractivity contribution in [2.24, 2.45) is 0 Å². The van der Waals surface area contributed by atoms with Gasteiger partial charge in [-0.25, -0.2) is 0 Å². The van der Waals surface area contributed by atoms with E-state index in [1.54, 1.807) is 6.07 Å². The molecule has 3 rings (SSSR count). The van der Waals surface area contributed by atoms with Gasteiger partial charge < -0.3 is 5.32 Å². The highest BCUT2D eigenvalue weighted by Gasteiger charge is 2.19. The molecule has 1 heterocycles. The van der Waals surface area contributed by atoms with Crippen LogP contribution in [0.3, 0.4) is 0 Å². The lowest BCUT2D eigenvalue weighted by Crippen LogP contribution is -2.25. The molecular formula is C17H16N6O3. The second-order valence-corrected chi connectivity index (χ2v) is 5.73. The molecule has 9 heteroatoms. The number of aryl methyl sites for hydroxylation is 2. The molecule has 0 bridgehead atoms. The van der Waals surface area contributed by atoms with Crippen molar-refractivity contribution < 1.29 is 9.72 Å². The third kappa shape index (κ3) is 3.41. The minimum atomic E-state index is -0.589.